The number of aliphatic carboxylic acids is 1. The van der Waals surface area contributed by atoms with E-state index in [1.807, 2.05) is 0 Å². The molecule has 4 heteroatoms. The van der Waals surface area contributed by atoms with Gasteiger partial charge < -0.3 is 10.8 Å². The Hall–Kier alpha value is -0.640. The lowest BCUT2D eigenvalue weighted by Crippen LogP contribution is -2.43. The van der Waals surface area contributed by atoms with Crippen LogP contribution in [-0.2, 0) is 4.79 Å². The lowest BCUT2D eigenvalue weighted by Gasteiger charge is -2.29. The number of carboxylic acids is 1. The second-order valence-corrected chi connectivity index (χ2v) is 3.13. The van der Waals surface area contributed by atoms with E-state index in [0.717, 1.165) is 6.42 Å². The Bertz CT molecular complexity index is 174. The van der Waals surface area contributed by atoms with Crippen molar-refractivity contribution in [2.75, 3.05) is 0 Å². The Morgan fingerprint density at radius 2 is 2.36 bits per heavy atom. The van der Waals surface area contributed by atoms with Crippen molar-refractivity contribution in [3.05, 3.63) is 0 Å². The zero-order valence-electron chi connectivity index (χ0n) is 6.22. The standard InChI is InChI=1S/C7H12FNO2/c8-7(6(10)11)3-1-2-5(9)4-7/h5H,1-4,9H2,(H,10,11)/t5-,7-/m1/s1. The van der Waals surface area contributed by atoms with Crippen LogP contribution in [0.3, 0.4) is 0 Å². The lowest BCUT2D eigenvalue weighted by molar-refractivity contribution is -0.153. The molecule has 64 valence electrons. The van der Waals surface area contributed by atoms with Crippen molar-refractivity contribution in [3.8, 4) is 0 Å². The molecule has 0 aromatic rings. The second kappa shape index (κ2) is 2.77. The normalized spacial score (nSPS) is 38.5. The third-order valence-electron chi connectivity index (χ3n) is 2.12. The highest BCUT2D eigenvalue weighted by Crippen LogP contribution is 2.31. The number of hydrogen-bond acceptors (Lipinski definition) is 2. The summed E-state index contributed by atoms with van der Waals surface area (Å²) < 4.78 is 13.3. The maximum atomic E-state index is 13.3. The van der Waals surface area contributed by atoms with E-state index >= 15 is 0 Å². The number of alkyl halides is 1. The van der Waals surface area contributed by atoms with Crippen molar-refractivity contribution < 1.29 is 14.3 Å². The molecule has 2 atom stereocenters. The fourth-order valence-corrected chi connectivity index (χ4v) is 1.46. The first-order valence-corrected chi connectivity index (χ1v) is 3.72. The Morgan fingerprint density at radius 1 is 1.73 bits per heavy atom. The maximum Gasteiger partial charge on any atom is 0.341 e. The smallest absolute Gasteiger partial charge is 0.341 e. The van der Waals surface area contributed by atoms with Gasteiger partial charge in [-0.2, -0.15) is 0 Å². The highest BCUT2D eigenvalue weighted by atomic mass is 19.1. The average Bonchev–Trinajstić information content (AvgIpc) is 1.86. The van der Waals surface area contributed by atoms with Crippen molar-refractivity contribution in [2.24, 2.45) is 5.73 Å². The van der Waals surface area contributed by atoms with Crippen molar-refractivity contribution >= 4 is 5.97 Å². The van der Waals surface area contributed by atoms with E-state index in [1.54, 1.807) is 0 Å². The number of carbonyl (C=O) groups is 1. The molecule has 3 N–H and O–H groups in total. The molecule has 0 bridgehead atoms. The third-order valence-corrected chi connectivity index (χ3v) is 2.12. The fourth-order valence-electron chi connectivity index (χ4n) is 1.46. The molecule has 0 aromatic carbocycles. The van der Waals surface area contributed by atoms with Crippen LogP contribution in [0, 0.1) is 0 Å². The molecule has 1 aliphatic carbocycles. The van der Waals surface area contributed by atoms with Crippen molar-refractivity contribution in [1.82, 2.24) is 0 Å². The second-order valence-electron chi connectivity index (χ2n) is 3.13. The van der Waals surface area contributed by atoms with Crippen LogP contribution in [0.1, 0.15) is 25.7 Å². The summed E-state index contributed by atoms with van der Waals surface area (Å²) in [5.41, 5.74) is 3.39. The van der Waals surface area contributed by atoms with E-state index in [0.29, 0.717) is 6.42 Å². The van der Waals surface area contributed by atoms with Crippen LogP contribution in [0.25, 0.3) is 0 Å². The monoisotopic (exact) mass is 161 g/mol. The first-order valence-electron chi connectivity index (χ1n) is 3.72. The molecule has 11 heavy (non-hydrogen) atoms. The van der Waals surface area contributed by atoms with Crippen LogP contribution in [0.2, 0.25) is 0 Å². The van der Waals surface area contributed by atoms with Crippen LogP contribution in [-0.4, -0.2) is 22.8 Å². The van der Waals surface area contributed by atoms with E-state index in [1.165, 1.54) is 0 Å². The predicted octanol–water partition coefficient (Wildman–Crippen LogP) is 0.681. The van der Waals surface area contributed by atoms with E-state index < -0.39 is 11.6 Å². The summed E-state index contributed by atoms with van der Waals surface area (Å²) in [6, 6.07) is -0.287. The highest BCUT2D eigenvalue weighted by molar-refractivity contribution is 5.77. The Morgan fingerprint density at radius 3 is 2.73 bits per heavy atom. The minimum atomic E-state index is -2.06. The first-order chi connectivity index (χ1) is 5.04. The Labute approximate surface area is 64.4 Å². The van der Waals surface area contributed by atoms with Gasteiger partial charge in [0.1, 0.15) is 0 Å². The summed E-state index contributed by atoms with van der Waals surface area (Å²) in [5.74, 6) is -1.37. The van der Waals surface area contributed by atoms with Gasteiger partial charge in [-0.25, -0.2) is 9.18 Å². The molecule has 0 amide bonds. The van der Waals surface area contributed by atoms with Crippen molar-refractivity contribution in [3.63, 3.8) is 0 Å². The molecule has 1 aliphatic rings. The fraction of sp³-hybridized carbons (Fsp3) is 0.857. The molecule has 0 spiro atoms. The molecule has 1 fully saturated rings. The minimum absolute atomic E-state index is 0.0394. The molecule has 3 nitrogen and oxygen atoms in total. The summed E-state index contributed by atoms with van der Waals surface area (Å²) >= 11 is 0. The number of hydrogen-bond donors (Lipinski definition) is 2. The Kier molecular flexibility index (Phi) is 2.13. The first kappa shape index (κ1) is 8.46. The number of halogens is 1. The van der Waals surface area contributed by atoms with Crippen molar-refractivity contribution in [1.29, 1.82) is 0 Å². The molecular weight excluding hydrogens is 149 g/mol. The van der Waals surface area contributed by atoms with E-state index in [9.17, 15) is 9.18 Å². The quantitative estimate of drug-likeness (QED) is 0.594. The van der Waals surface area contributed by atoms with Gasteiger partial charge in [-0.1, -0.05) is 0 Å². The van der Waals surface area contributed by atoms with Crippen LogP contribution in [0.15, 0.2) is 0 Å². The van der Waals surface area contributed by atoms with Crippen molar-refractivity contribution in [2.45, 2.75) is 37.4 Å². The average molecular weight is 161 g/mol. The number of carboxylic acid groups (broad SMARTS) is 1. The molecule has 0 radical (unpaired) electrons. The highest BCUT2D eigenvalue weighted by Gasteiger charge is 2.42. The van der Waals surface area contributed by atoms with E-state index in [-0.39, 0.29) is 18.9 Å². The Balaban J connectivity index is 2.63. The van der Waals surface area contributed by atoms with Crippen LogP contribution in [0.5, 0.6) is 0 Å². The number of rotatable bonds is 1. The van der Waals surface area contributed by atoms with Gasteiger partial charge in [0.2, 0.25) is 5.67 Å². The van der Waals surface area contributed by atoms with E-state index in [2.05, 4.69) is 0 Å². The SMILES string of the molecule is N[C@@H]1CCC[C@](F)(C(=O)O)C1. The van der Waals surface area contributed by atoms with Gasteiger partial charge in [0.25, 0.3) is 0 Å². The molecule has 0 saturated heterocycles. The van der Waals surface area contributed by atoms with Crippen LogP contribution < -0.4 is 5.73 Å². The topological polar surface area (TPSA) is 63.3 Å². The summed E-state index contributed by atoms with van der Waals surface area (Å²) in [6.45, 7) is 0. The molecule has 0 heterocycles. The van der Waals surface area contributed by atoms with Gasteiger partial charge in [0, 0.05) is 12.5 Å². The lowest BCUT2D eigenvalue weighted by atomic mass is 9.84. The largest absolute Gasteiger partial charge is 0.479 e. The summed E-state index contributed by atoms with van der Waals surface area (Å²) in [6.07, 6.45) is 1.38. The molecule has 0 unspecified atom stereocenters. The summed E-state index contributed by atoms with van der Waals surface area (Å²) in [7, 11) is 0. The van der Waals surface area contributed by atoms with Crippen LogP contribution in [0.4, 0.5) is 4.39 Å². The van der Waals surface area contributed by atoms with Gasteiger partial charge in [0.15, 0.2) is 0 Å². The summed E-state index contributed by atoms with van der Waals surface area (Å²) in [4.78, 5) is 10.4. The van der Waals surface area contributed by atoms with Gasteiger partial charge in [-0.15, -0.1) is 0 Å². The van der Waals surface area contributed by atoms with Gasteiger partial charge in [-0.3, -0.25) is 0 Å². The minimum Gasteiger partial charge on any atom is -0.479 e. The van der Waals surface area contributed by atoms with Gasteiger partial charge >= 0.3 is 5.97 Å². The zero-order valence-corrected chi connectivity index (χ0v) is 6.22. The van der Waals surface area contributed by atoms with Crippen LogP contribution >= 0.6 is 0 Å². The molecule has 1 saturated carbocycles. The zero-order chi connectivity index (χ0) is 8.48. The van der Waals surface area contributed by atoms with E-state index in [4.69, 9.17) is 10.8 Å². The third kappa shape index (κ3) is 1.68. The summed E-state index contributed by atoms with van der Waals surface area (Å²) in [5, 5.41) is 8.48. The van der Waals surface area contributed by atoms with Gasteiger partial charge in [0.05, 0.1) is 0 Å². The number of nitrogens with two attached hydrogens (primary N) is 1. The molecular formula is C7H12FNO2. The molecule has 0 aromatic heterocycles. The predicted molar refractivity (Wildman–Crippen MR) is 37.9 cm³/mol. The molecule has 0 aliphatic heterocycles. The van der Waals surface area contributed by atoms with Gasteiger partial charge in [-0.05, 0) is 19.3 Å². The maximum absolute atomic E-state index is 13.3. The molecule has 1 rings (SSSR count).